The summed E-state index contributed by atoms with van der Waals surface area (Å²) in [4.78, 5) is 37.4. The van der Waals surface area contributed by atoms with Gasteiger partial charge in [0.25, 0.3) is 5.91 Å². The van der Waals surface area contributed by atoms with E-state index < -0.39 is 18.0 Å². The number of rotatable bonds is 6. The average molecular weight is 384 g/mol. The number of nitrogens with one attached hydrogen (secondary N) is 1. The van der Waals surface area contributed by atoms with Gasteiger partial charge in [0.2, 0.25) is 5.91 Å². The molecule has 1 fully saturated rings. The number of thioether (sulfide) groups is 1. The Kier molecular flexibility index (Phi) is 6.13. The molecule has 2 amide bonds. The molecule has 0 bridgehead atoms. The number of para-hydroxylation sites is 1. The topological polar surface area (TPSA) is 75.7 Å². The maximum Gasteiger partial charge on any atom is 0.326 e. The van der Waals surface area contributed by atoms with Crippen molar-refractivity contribution in [3.63, 3.8) is 0 Å². The number of ether oxygens (including phenoxy) is 1. The first-order valence-corrected chi connectivity index (χ1v) is 9.70. The van der Waals surface area contributed by atoms with E-state index in [1.165, 1.54) is 23.6 Å². The monoisotopic (exact) mass is 384 g/mol. The third kappa shape index (κ3) is 4.89. The summed E-state index contributed by atoms with van der Waals surface area (Å²) in [5.74, 6) is -0.261. The smallest absolute Gasteiger partial charge is 0.326 e. The van der Waals surface area contributed by atoms with Gasteiger partial charge in [0, 0.05) is 11.3 Å². The summed E-state index contributed by atoms with van der Waals surface area (Å²) in [7, 11) is 0. The maximum absolute atomic E-state index is 12.5. The van der Waals surface area contributed by atoms with Gasteiger partial charge >= 0.3 is 5.97 Å². The zero-order chi connectivity index (χ0) is 19.2. The molecule has 0 spiro atoms. The van der Waals surface area contributed by atoms with Crippen LogP contribution in [0.15, 0.2) is 54.6 Å². The molecule has 2 aromatic rings. The number of nitrogens with zero attached hydrogens (tertiary/aromatic N) is 1. The number of carbonyl (C=O) groups is 3. The van der Waals surface area contributed by atoms with Gasteiger partial charge in [0.15, 0.2) is 6.10 Å². The molecule has 0 radical (unpaired) electrons. The molecule has 2 aromatic carbocycles. The summed E-state index contributed by atoms with van der Waals surface area (Å²) in [6, 6.07) is 17.1. The highest BCUT2D eigenvalue weighted by atomic mass is 32.2. The van der Waals surface area contributed by atoms with Gasteiger partial charge in [-0.25, -0.2) is 0 Å². The number of hydrogen-bond acceptors (Lipinski definition) is 5. The van der Waals surface area contributed by atoms with Gasteiger partial charge in [-0.05, 0) is 18.6 Å². The van der Waals surface area contributed by atoms with Crippen LogP contribution in [0.4, 0.5) is 5.69 Å². The van der Waals surface area contributed by atoms with E-state index in [0.717, 1.165) is 11.1 Å². The second-order valence-electron chi connectivity index (χ2n) is 6.10. The molecular formula is C20H20N2O4S. The highest BCUT2D eigenvalue weighted by Gasteiger charge is 2.26. The number of anilines is 1. The lowest BCUT2D eigenvalue weighted by Crippen LogP contribution is -2.36. The third-order valence-electron chi connectivity index (χ3n) is 4.09. The van der Waals surface area contributed by atoms with Crippen LogP contribution in [0.1, 0.15) is 6.92 Å². The lowest BCUT2D eigenvalue weighted by molar-refractivity contribution is -0.155. The van der Waals surface area contributed by atoms with Crippen molar-refractivity contribution in [3.8, 4) is 11.1 Å². The second-order valence-corrected chi connectivity index (χ2v) is 7.06. The standard InChI is InChI=1S/C20H20N2O4S/c1-14(26-19(24)11-22-13-27-12-18(22)23)20(25)21-17-10-6-5-9-16(17)15-7-3-2-4-8-15/h2-10,14H,11-13H2,1H3,(H,21,25). The van der Waals surface area contributed by atoms with Crippen LogP contribution >= 0.6 is 11.8 Å². The summed E-state index contributed by atoms with van der Waals surface area (Å²) in [5, 5.41) is 2.82. The molecule has 7 heteroatoms. The third-order valence-corrected chi connectivity index (χ3v) is 5.04. The summed E-state index contributed by atoms with van der Waals surface area (Å²) in [6.45, 7) is 1.38. The molecule has 1 saturated heterocycles. The van der Waals surface area contributed by atoms with Crippen molar-refractivity contribution in [1.29, 1.82) is 0 Å². The normalized spacial score (nSPS) is 14.7. The zero-order valence-electron chi connectivity index (χ0n) is 14.9. The van der Waals surface area contributed by atoms with Crippen molar-refractivity contribution in [2.75, 3.05) is 23.5 Å². The molecule has 1 heterocycles. The molecule has 1 unspecified atom stereocenters. The van der Waals surface area contributed by atoms with Crippen molar-refractivity contribution in [2.45, 2.75) is 13.0 Å². The Balaban J connectivity index is 1.62. The van der Waals surface area contributed by atoms with E-state index >= 15 is 0 Å². The summed E-state index contributed by atoms with van der Waals surface area (Å²) in [5.41, 5.74) is 2.50. The molecule has 27 heavy (non-hydrogen) atoms. The van der Waals surface area contributed by atoms with Crippen LogP contribution in [0.2, 0.25) is 0 Å². The van der Waals surface area contributed by atoms with Gasteiger partial charge in [-0.15, -0.1) is 11.8 Å². The number of benzene rings is 2. The Morgan fingerprint density at radius 1 is 1.15 bits per heavy atom. The van der Waals surface area contributed by atoms with Crippen molar-refractivity contribution in [1.82, 2.24) is 4.90 Å². The van der Waals surface area contributed by atoms with Crippen molar-refractivity contribution in [3.05, 3.63) is 54.6 Å². The quantitative estimate of drug-likeness (QED) is 0.775. The second kappa shape index (κ2) is 8.73. The van der Waals surface area contributed by atoms with E-state index in [0.29, 0.717) is 17.3 Å². The zero-order valence-corrected chi connectivity index (χ0v) is 15.7. The minimum absolute atomic E-state index is 0.0918. The van der Waals surface area contributed by atoms with Crippen molar-refractivity contribution in [2.24, 2.45) is 0 Å². The lowest BCUT2D eigenvalue weighted by Gasteiger charge is -2.18. The Morgan fingerprint density at radius 2 is 1.85 bits per heavy atom. The van der Waals surface area contributed by atoms with E-state index in [1.54, 1.807) is 6.07 Å². The molecule has 1 atom stereocenters. The van der Waals surface area contributed by atoms with E-state index in [9.17, 15) is 14.4 Å². The van der Waals surface area contributed by atoms with Crippen LogP contribution in [0.5, 0.6) is 0 Å². The Morgan fingerprint density at radius 3 is 2.56 bits per heavy atom. The van der Waals surface area contributed by atoms with Crippen LogP contribution in [-0.2, 0) is 19.1 Å². The summed E-state index contributed by atoms with van der Waals surface area (Å²) >= 11 is 1.45. The molecule has 1 N–H and O–H groups in total. The first-order chi connectivity index (χ1) is 13.0. The molecule has 1 aliphatic rings. The fourth-order valence-electron chi connectivity index (χ4n) is 2.68. The van der Waals surface area contributed by atoms with Crippen LogP contribution in [0, 0.1) is 0 Å². The number of amides is 2. The highest BCUT2D eigenvalue weighted by Crippen LogP contribution is 2.27. The number of carbonyl (C=O) groups excluding carboxylic acids is 3. The van der Waals surface area contributed by atoms with Gasteiger partial charge in [0.05, 0.1) is 11.6 Å². The predicted molar refractivity (Wildman–Crippen MR) is 105 cm³/mol. The van der Waals surface area contributed by atoms with E-state index in [-0.39, 0.29) is 12.5 Å². The van der Waals surface area contributed by atoms with Crippen molar-refractivity contribution >= 4 is 35.2 Å². The Hall–Kier alpha value is -2.80. The minimum atomic E-state index is -0.966. The number of esters is 1. The van der Waals surface area contributed by atoms with Crippen LogP contribution in [-0.4, -0.2) is 47.0 Å². The van der Waals surface area contributed by atoms with E-state index in [4.69, 9.17) is 4.74 Å². The van der Waals surface area contributed by atoms with Crippen LogP contribution in [0.25, 0.3) is 11.1 Å². The molecule has 3 rings (SSSR count). The molecule has 0 aliphatic carbocycles. The van der Waals surface area contributed by atoms with E-state index in [2.05, 4.69) is 5.32 Å². The van der Waals surface area contributed by atoms with E-state index in [1.807, 2.05) is 48.5 Å². The van der Waals surface area contributed by atoms with Gasteiger partial charge in [-0.1, -0.05) is 48.5 Å². The summed E-state index contributed by atoms with van der Waals surface area (Å²) < 4.78 is 5.19. The molecule has 140 valence electrons. The minimum Gasteiger partial charge on any atom is -0.451 e. The van der Waals surface area contributed by atoms with Gasteiger partial charge < -0.3 is 15.0 Å². The molecule has 1 aliphatic heterocycles. The first kappa shape index (κ1) is 19.0. The largest absolute Gasteiger partial charge is 0.451 e. The fourth-order valence-corrected chi connectivity index (χ4v) is 3.58. The SMILES string of the molecule is CC(OC(=O)CN1CSCC1=O)C(=O)Nc1ccccc1-c1ccccc1. The van der Waals surface area contributed by atoms with Crippen molar-refractivity contribution < 1.29 is 19.1 Å². The molecule has 0 saturated carbocycles. The molecular weight excluding hydrogens is 364 g/mol. The molecule has 0 aromatic heterocycles. The highest BCUT2D eigenvalue weighted by molar-refractivity contribution is 8.00. The van der Waals surface area contributed by atoms with Gasteiger partial charge in [-0.2, -0.15) is 0 Å². The Bertz CT molecular complexity index is 841. The maximum atomic E-state index is 12.5. The molecule has 6 nitrogen and oxygen atoms in total. The first-order valence-electron chi connectivity index (χ1n) is 8.55. The fraction of sp³-hybridized carbons (Fsp3) is 0.250. The summed E-state index contributed by atoms with van der Waals surface area (Å²) in [6.07, 6.45) is -0.966. The predicted octanol–water partition coefficient (Wildman–Crippen LogP) is 2.76. The lowest BCUT2D eigenvalue weighted by atomic mass is 10.0. The van der Waals surface area contributed by atoms with Crippen LogP contribution in [0.3, 0.4) is 0 Å². The van der Waals surface area contributed by atoms with Gasteiger partial charge in [0.1, 0.15) is 6.54 Å². The average Bonchev–Trinajstić information content (AvgIpc) is 3.07. The number of hydrogen-bond donors (Lipinski definition) is 1. The van der Waals surface area contributed by atoms with Gasteiger partial charge in [-0.3, -0.25) is 14.4 Å². The Labute approximate surface area is 161 Å². The van der Waals surface area contributed by atoms with Crippen LogP contribution < -0.4 is 5.32 Å².